The van der Waals surface area contributed by atoms with Gasteiger partial charge >= 0.3 is 17.9 Å². The van der Waals surface area contributed by atoms with Crippen molar-refractivity contribution in [3.05, 3.63) is 71.8 Å². The average Bonchev–Trinajstić information content (AvgIpc) is 2.72. The van der Waals surface area contributed by atoms with E-state index in [0.29, 0.717) is 0 Å². The highest BCUT2D eigenvalue weighted by molar-refractivity contribution is 6.00. The predicted octanol–water partition coefficient (Wildman–Crippen LogP) is 3.59. The molecule has 0 radical (unpaired) electrons. The van der Waals surface area contributed by atoms with Gasteiger partial charge in [0.1, 0.15) is 13.2 Å². The molecule has 0 fully saturated rings. The molecule has 1 N–H and O–H groups in total. The summed E-state index contributed by atoms with van der Waals surface area (Å²) < 4.78 is 10.5. The van der Waals surface area contributed by atoms with Crippen molar-refractivity contribution in [3.8, 4) is 0 Å². The fraction of sp³-hybridized carbons (Fsp3) is 0.318. The summed E-state index contributed by atoms with van der Waals surface area (Å²) in [5, 5.41) is 9.66. The van der Waals surface area contributed by atoms with Crippen LogP contribution >= 0.6 is 0 Å². The third-order valence-corrected chi connectivity index (χ3v) is 4.78. The molecule has 0 heterocycles. The molecule has 0 amide bonds. The normalized spacial score (nSPS) is 12.8. The van der Waals surface area contributed by atoms with Crippen molar-refractivity contribution in [1.29, 1.82) is 0 Å². The lowest BCUT2D eigenvalue weighted by molar-refractivity contribution is -0.178. The zero-order chi connectivity index (χ0) is 20.6. The highest BCUT2D eigenvalue weighted by atomic mass is 16.6. The number of ether oxygens (including phenoxy) is 2. The van der Waals surface area contributed by atoms with Gasteiger partial charge in [-0.15, -0.1) is 0 Å². The molecule has 28 heavy (non-hydrogen) atoms. The topological polar surface area (TPSA) is 89.9 Å². The molecule has 0 saturated heterocycles. The van der Waals surface area contributed by atoms with Crippen LogP contribution in [0.2, 0.25) is 0 Å². The highest BCUT2D eigenvalue weighted by Crippen LogP contribution is 2.34. The maximum atomic E-state index is 12.7. The fourth-order valence-corrected chi connectivity index (χ4v) is 2.72. The molecule has 2 aromatic rings. The molecule has 2 rings (SSSR count). The molecule has 6 heteroatoms. The average molecular weight is 384 g/mol. The summed E-state index contributed by atoms with van der Waals surface area (Å²) in [6.45, 7) is 2.85. The number of carboxylic acid groups (broad SMARTS) is 1. The van der Waals surface area contributed by atoms with Crippen LogP contribution in [0.5, 0.6) is 0 Å². The SMILES string of the molecule is CC[C@](C)(C(=O)O)C(C(=O)OCc1ccccc1)C(=O)OCc1ccccc1. The van der Waals surface area contributed by atoms with Gasteiger partial charge in [0.05, 0.1) is 5.41 Å². The lowest BCUT2D eigenvalue weighted by Gasteiger charge is -2.29. The van der Waals surface area contributed by atoms with Gasteiger partial charge in [-0.25, -0.2) is 0 Å². The summed E-state index contributed by atoms with van der Waals surface area (Å²) in [7, 11) is 0. The van der Waals surface area contributed by atoms with Gasteiger partial charge < -0.3 is 14.6 Å². The molecule has 0 unspecified atom stereocenters. The van der Waals surface area contributed by atoms with Gasteiger partial charge in [0.15, 0.2) is 5.92 Å². The quantitative estimate of drug-likeness (QED) is 0.525. The fourth-order valence-electron chi connectivity index (χ4n) is 2.72. The number of hydrogen-bond donors (Lipinski definition) is 1. The number of rotatable bonds is 9. The van der Waals surface area contributed by atoms with E-state index in [1.165, 1.54) is 6.92 Å². The Labute approximate surface area is 164 Å². The summed E-state index contributed by atoms with van der Waals surface area (Å²) >= 11 is 0. The van der Waals surface area contributed by atoms with Crippen LogP contribution in [0.1, 0.15) is 31.4 Å². The third-order valence-electron chi connectivity index (χ3n) is 4.78. The van der Waals surface area contributed by atoms with Crippen LogP contribution in [0, 0.1) is 11.3 Å². The van der Waals surface area contributed by atoms with E-state index < -0.39 is 29.2 Å². The molecule has 1 atom stereocenters. The number of carbonyl (C=O) groups is 3. The molecule has 0 aromatic heterocycles. The number of carboxylic acids is 1. The molecule has 0 spiro atoms. The minimum absolute atomic E-state index is 0.0540. The second kappa shape index (κ2) is 9.69. The van der Waals surface area contributed by atoms with Crippen LogP contribution in [0.25, 0.3) is 0 Å². The molecule has 0 aliphatic carbocycles. The molecule has 2 aromatic carbocycles. The summed E-state index contributed by atoms with van der Waals surface area (Å²) in [6, 6.07) is 17.9. The summed E-state index contributed by atoms with van der Waals surface area (Å²) in [5.41, 5.74) is -0.164. The van der Waals surface area contributed by atoms with Crippen LogP contribution in [0.3, 0.4) is 0 Å². The maximum absolute atomic E-state index is 12.7. The van der Waals surface area contributed by atoms with E-state index in [9.17, 15) is 19.5 Å². The molecular weight excluding hydrogens is 360 g/mol. The van der Waals surface area contributed by atoms with E-state index in [0.717, 1.165) is 11.1 Å². The van der Waals surface area contributed by atoms with Crippen LogP contribution in [-0.4, -0.2) is 23.0 Å². The van der Waals surface area contributed by atoms with E-state index in [4.69, 9.17) is 9.47 Å². The van der Waals surface area contributed by atoms with Gasteiger partial charge in [0.2, 0.25) is 0 Å². The largest absolute Gasteiger partial charge is 0.481 e. The summed E-state index contributed by atoms with van der Waals surface area (Å²) in [5.74, 6) is -4.64. The molecule has 148 valence electrons. The number of hydrogen-bond acceptors (Lipinski definition) is 5. The Morgan fingerprint density at radius 3 is 1.57 bits per heavy atom. The van der Waals surface area contributed by atoms with E-state index in [1.807, 2.05) is 12.1 Å². The van der Waals surface area contributed by atoms with E-state index in [-0.39, 0.29) is 19.6 Å². The molecule has 0 aliphatic rings. The third kappa shape index (κ3) is 5.19. The first-order valence-corrected chi connectivity index (χ1v) is 9.03. The van der Waals surface area contributed by atoms with Gasteiger partial charge in [-0.2, -0.15) is 0 Å². The molecule has 6 nitrogen and oxygen atoms in total. The van der Waals surface area contributed by atoms with Crippen molar-refractivity contribution in [3.63, 3.8) is 0 Å². The number of carbonyl (C=O) groups excluding carboxylic acids is 2. The van der Waals surface area contributed by atoms with Gasteiger partial charge in [-0.3, -0.25) is 14.4 Å². The first kappa shape index (κ1) is 21.2. The lowest BCUT2D eigenvalue weighted by atomic mass is 9.74. The Morgan fingerprint density at radius 2 is 1.25 bits per heavy atom. The standard InChI is InChI=1S/C22H24O6/c1-3-22(2,21(25)26)18(19(23)27-14-16-10-6-4-7-11-16)20(24)28-15-17-12-8-5-9-13-17/h4-13,18H,3,14-15H2,1-2H3,(H,25,26)/t22-/m0/s1. The van der Waals surface area contributed by atoms with Crippen molar-refractivity contribution in [2.24, 2.45) is 11.3 Å². The van der Waals surface area contributed by atoms with Crippen LogP contribution in [0.4, 0.5) is 0 Å². The van der Waals surface area contributed by atoms with Crippen LogP contribution in [0.15, 0.2) is 60.7 Å². The van der Waals surface area contributed by atoms with Crippen LogP contribution in [-0.2, 0) is 37.1 Å². The van der Waals surface area contributed by atoms with Crippen molar-refractivity contribution in [1.82, 2.24) is 0 Å². The smallest absolute Gasteiger partial charge is 0.321 e. The zero-order valence-corrected chi connectivity index (χ0v) is 16.0. The lowest BCUT2D eigenvalue weighted by Crippen LogP contribution is -2.45. The minimum Gasteiger partial charge on any atom is -0.481 e. The Morgan fingerprint density at radius 1 is 0.857 bits per heavy atom. The minimum atomic E-state index is -1.64. The maximum Gasteiger partial charge on any atom is 0.321 e. The van der Waals surface area contributed by atoms with Crippen molar-refractivity contribution >= 4 is 17.9 Å². The molecular formula is C22H24O6. The van der Waals surface area contributed by atoms with Gasteiger partial charge in [0.25, 0.3) is 0 Å². The number of aliphatic carboxylic acids is 1. The Kier molecular flexibility index (Phi) is 7.32. The summed E-state index contributed by atoms with van der Waals surface area (Å²) in [4.78, 5) is 37.2. The number of benzene rings is 2. The molecule has 0 aliphatic heterocycles. The highest BCUT2D eigenvalue weighted by Gasteiger charge is 2.50. The van der Waals surface area contributed by atoms with Gasteiger partial charge in [0, 0.05) is 0 Å². The first-order chi connectivity index (χ1) is 13.4. The van der Waals surface area contributed by atoms with Crippen LogP contribution < -0.4 is 0 Å². The zero-order valence-electron chi connectivity index (χ0n) is 16.0. The Bertz CT molecular complexity index is 747. The van der Waals surface area contributed by atoms with Crippen molar-refractivity contribution < 1.29 is 29.0 Å². The Hall–Kier alpha value is -3.15. The Balaban J connectivity index is 2.16. The van der Waals surface area contributed by atoms with E-state index in [1.54, 1.807) is 55.5 Å². The van der Waals surface area contributed by atoms with Gasteiger partial charge in [-0.1, -0.05) is 67.6 Å². The number of esters is 2. The van der Waals surface area contributed by atoms with E-state index >= 15 is 0 Å². The first-order valence-electron chi connectivity index (χ1n) is 9.03. The monoisotopic (exact) mass is 384 g/mol. The molecule has 0 saturated carbocycles. The predicted molar refractivity (Wildman–Crippen MR) is 102 cm³/mol. The summed E-state index contributed by atoms with van der Waals surface area (Å²) in [6.07, 6.45) is 0.0634. The van der Waals surface area contributed by atoms with E-state index in [2.05, 4.69) is 0 Å². The molecule has 0 bridgehead atoms. The second-order valence-electron chi connectivity index (χ2n) is 6.70. The second-order valence-corrected chi connectivity index (χ2v) is 6.70. The van der Waals surface area contributed by atoms with Crippen molar-refractivity contribution in [2.75, 3.05) is 0 Å². The van der Waals surface area contributed by atoms with Gasteiger partial charge in [-0.05, 0) is 24.5 Å². The van der Waals surface area contributed by atoms with Crippen molar-refractivity contribution in [2.45, 2.75) is 33.5 Å².